The maximum absolute atomic E-state index is 12.6. The van der Waals surface area contributed by atoms with Crippen molar-refractivity contribution in [2.45, 2.75) is 6.92 Å². The molecule has 0 radical (unpaired) electrons. The molecule has 0 bridgehead atoms. The number of thiophene rings is 1. The second-order valence-corrected chi connectivity index (χ2v) is 6.31. The van der Waals surface area contributed by atoms with Crippen molar-refractivity contribution in [3.8, 4) is 10.6 Å². The highest BCUT2D eigenvalue weighted by Crippen LogP contribution is 2.32. The molecule has 1 amide bonds. The predicted octanol–water partition coefficient (Wildman–Crippen LogP) is 4.02. The summed E-state index contributed by atoms with van der Waals surface area (Å²) in [5, 5.41) is 4.98. The van der Waals surface area contributed by atoms with Crippen molar-refractivity contribution in [2.75, 3.05) is 5.32 Å². The first-order valence-electron chi connectivity index (χ1n) is 7.47. The smallest absolute Gasteiger partial charge is 0.258 e. The number of aromatic nitrogens is 3. The summed E-state index contributed by atoms with van der Waals surface area (Å²) < 4.78 is 1.88. The maximum atomic E-state index is 12.6. The monoisotopic (exact) mass is 334 g/mol. The van der Waals surface area contributed by atoms with Gasteiger partial charge >= 0.3 is 0 Å². The number of hydrogen-bond donors (Lipinski definition) is 1. The molecule has 4 aromatic rings. The topological polar surface area (TPSA) is 59.3 Å². The van der Waals surface area contributed by atoms with E-state index in [0.717, 1.165) is 21.9 Å². The zero-order valence-electron chi connectivity index (χ0n) is 12.9. The van der Waals surface area contributed by atoms with E-state index in [1.807, 2.05) is 59.3 Å². The Labute approximate surface area is 142 Å². The molecule has 0 unspecified atom stereocenters. The van der Waals surface area contributed by atoms with E-state index in [1.165, 1.54) is 0 Å². The third kappa shape index (κ3) is 2.57. The van der Waals surface area contributed by atoms with Gasteiger partial charge in [-0.1, -0.05) is 12.1 Å². The first-order valence-corrected chi connectivity index (χ1v) is 8.35. The van der Waals surface area contributed by atoms with Gasteiger partial charge in [-0.15, -0.1) is 11.3 Å². The van der Waals surface area contributed by atoms with Crippen molar-refractivity contribution in [2.24, 2.45) is 0 Å². The lowest BCUT2D eigenvalue weighted by atomic mass is 10.2. The number of hydrogen-bond acceptors (Lipinski definition) is 4. The van der Waals surface area contributed by atoms with E-state index < -0.39 is 0 Å². The fourth-order valence-corrected chi connectivity index (χ4v) is 3.20. The minimum atomic E-state index is -0.203. The number of carbonyl (C=O) groups is 1. The molecule has 1 N–H and O–H groups in total. The van der Waals surface area contributed by atoms with Crippen LogP contribution >= 0.6 is 11.3 Å². The molecule has 24 heavy (non-hydrogen) atoms. The van der Waals surface area contributed by atoms with Crippen molar-refractivity contribution in [3.05, 3.63) is 71.5 Å². The normalized spacial score (nSPS) is 10.9. The number of anilines is 1. The van der Waals surface area contributed by atoms with Crippen LogP contribution in [-0.4, -0.2) is 20.3 Å². The first-order chi connectivity index (χ1) is 11.7. The Hall–Kier alpha value is -2.99. The van der Waals surface area contributed by atoms with Crippen molar-refractivity contribution in [1.82, 2.24) is 14.4 Å². The van der Waals surface area contributed by atoms with Crippen LogP contribution in [0.25, 0.3) is 16.2 Å². The Bertz CT molecular complexity index is 1000. The van der Waals surface area contributed by atoms with E-state index in [1.54, 1.807) is 23.6 Å². The van der Waals surface area contributed by atoms with Gasteiger partial charge in [0, 0.05) is 18.1 Å². The molecule has 0 atom stereocenters. The summed E-state index contributed by atoms with van der Waals surface area (Å²) in [7, 11) is 0. The van der Waals surface area contributed by atoms with Gasteiger partial charge in [0.2, 0.25) is 0 Å². The highest BCUT2D eigenvalue weighted by atomic mass is 32.1. The standard InChI is InChI=1S/C18H14N4OS/c1-12-7-8-13(11-19-12)18(23)21-17-16(14-5-4-10-24-14)20-15-6-2-3-9-22(15)17/h2-11H,1H3,(H,21,23). The van der Waals surface area contributed by atoms with Gasteiger partial charge in [-0.25, -0.2) is 4.98 Å². The molecule has 4 rings (SSSR count). The molecule has 0 saturated heterocycles. The van der Waals surface area contributed by atoms with Crippen LogP contribution < -0.4 is 5.32 Å². The number of fused-ring (bicyclic) bond motifs is 1. The number of pyridine rings is 2. The highest BCUT2D eigenvalue weighted by Gasteiger charge is 2.17. The number of amides is 1. The van der Waals surface area contributed by atoms with E-state index >= 15 is 0 Å². The molecule has 0 saturated carbocycles. The summed E-state index contributed by atoms with van der Waals surface area (Å²) in [6.45, 7) is 1.89. The van der Waals surface area contributed by atoms with Gasteiger partial charge in [0.05, 0.1) is 10.4 Å². The summed E-state index contributed by atoms with van der Waals surface area (Å²) in [5.74, 6) is 0.463. The fourth-order valence-electron chi connectivity index (χ4n) is 2.48. The first kappa shape index (κ1) is 14.6. The Morgan fingerprint density at radius 2 is 2.08 bits per heavy atom. The summed E-state index contributed by atoms with van der Waals surface area (Å²) in [4.78, 5) is 22.5. The molecule has 118 valence electrons. The third-order valence-corrected chi connectivity index (χ3v) is 4.57. The zero-order chi connectivity index (χ0) is 16.5. The van der Waals surface area contributed by atoms with E-state index in [2.05, 4.69) is 15.3 Å². The van der Waals surface area contributed by atoms with Crippen LogP contribution in [0.2, 0.25) is 0 Å². The van der Waals surface area contributed by atoms with Crippen LogP contribution in [0.1, 0.15) is 16.1 Å². The van der Waals surface area contributed by atoms with Crippen molar-refractivity contribution < 1.29 is 4.79 Å². The van der Waals surface area contributed by atoms with Crippen LogP contribution in [0, 0.1) is 6.92 Å². The van der Waals surface area contributed by atoms with Crippen LogP contribution in [0.3, 0.4) is 0 Å². The minimum Gasteiger partial charge on any atom is -0.306 e. The molecule has 6 heteroatoms. The summed E-state index contributed by atoms with van der Waals surface area (Å²) in [5.41, 5.74) is 2.95. The molecule has 5 nitrogen and oxygen atoms in total. The van der Waals surface area contributed by atoms with Gasteiger partial charge in [0.1, 0.15) is 17.2 Å². The Balaban J connectivity index is 1.79. The number of carbonyl (C=O) groups excluding carboxylic acids is 1. The van der Waals surface area contributed by atoms with Gasteiger partial charge in [0.15, 0.2) is 0 Å². The van der Waals surface area contributed by atoms with Crippen molar-refractivity contribution >= 4 is 28.7 Å². The SMILES string of the molecule is Cc1ccc(C(=O)Nc2c(-c3cccs3)nc3ccccn23)cn1. The van der Waals surface area contributed by atoms with Crippen LogP contribution in [0.5, 0.6) is 0 Å². The van der Waals surface area contributed by atoms with Gasteiger partial charge in [-0.05, 0) is 42.6 Å². The van der Waals surface area contributed by atoms with Crippen LogP contribution in [-0.2, 0) is 0 Å². The maximum Gasteiger partial charge on any atom is 0.258 e. The molecule has 0 aromatic carbocycles. The summed E-state index contributed by atoms with van der Waals surface area (Å²) in [6.07, 6.45) is 3.47. The lowest BCUT2D eigenvalue weighted by molar-refractivity contribution is 0.102. The largest absolute Gasteiger partial charge is 0.306 e. The summed E-state index contributed by atoms with van der Waals surface area (Å²) >= 11 is 1.59. The molecule has 0 aliphatic heterocycles. The number of nitrogens with zero attached hydrogens (tertiary/aromatic N) is 3. The van der Waals surface area contributed by atoms with Crippen molar-refractivity contribution in [1.29, 1.82) is 0 Å². The van der Waals surface area contributed by atoms with Crippen LogP contribution in [0.15, 0.2) is 60.2 Å². The Kier molecular flexibility index (Phi) is 3.59. The second kappa shape index (κ2) is 5.90. The lowest BCUT2D eigenvalue weighted by Crippen LogP contribution is -2.14. The molecular weight excluding hydrogens is 320 g/mol. The fraction of sp³-hybridized carbons (Fsp3) is 0.0556. The van der Waals surface area contributed by atoms with Gasteiger partial charge in [-0.3, -0.25) is 14.2 Å². The minimum absolute atomic E-state index is 0.203. The Morgan fingerprint density at radius 3 is 2.83 bits per heavy atom. The van der Waals surface area contributed by atoms with Crippen LogP contribution in [0.4, 0.5) is 5.82 Å². The van der Waals surface area contributed by atoms with E-state index in [0.29, 0.717) is 11.4 Å². The van der Waals surface area contributed by atoms with Gasteiger partial charge in [0.25, 0.3) is 5.91 Å². The number of rotatable bonds is 3. The zero-order valence-corrected chi connectivity index (χ0v) is 13.7. The summed E-state index contributed by atoms with van der Waals surface area (Å²) in [6, 6.07) is 13.3. The van der Waals surface area contributed by atoms with Crippen molar-refractivity contribution in [3.63, 3.8) is 0 Å². The van der Waals surface area contributed by atoms with E-state index in [9.17, 15) is 4.79 Å². The van der Waals surface area contributed by atoms with E-state index in [4.69, 9.17) is 0 Å². The number of aryl methyl sites for hydroxylation is 1. The molecular formula is C18H14N4OS. The lowest BCUT2D eigenvalue weighted by Gasteiger charge is -2.07. The molecule has 4 aromatic heterocycles. The molecule has 0 spiro atoms. The number of imidazole rings is 1. The number of nitrogens with one attached hydrogen (secondary N) is 1. The Morgan fingerprint density at radius 1 is 1.17 bits per heavy atom. The van der Waals surface area contributed by atoms with E-state index in [-0.39, 0.29) is 5.91 Å². The quantitative estimate of drug-likeness (QED) is 0.615. The molecule has 4 heterocycles. The van der Waals surface area contributed by atoms with Gasteiger partial charge < -0.3 is 5.32 Å². The second-order valence-electron chi connectivity index (χ2n) is 5.36. The van der Waals surface area contributed by atoms with Gasteiger partial charge in [-0.2, -0.15) is 0 Å². The third-order valence-electron chi connectivity index (χ3n) is 3.69. The molecule has 0 aliphatic rings. The highest BCUT2D eigenvalue weighted by molar-refractivity contribution is 7.13. The average molecular weight is 334 g/mol. The molecule has 0 aliphatic carbocycles. The average Bonchev–Trinajstić information content (AvgIpc) is 3.23. The molecule has 0 fully saturated rings. The predicted molar refractivity (Wildman–Crippen MR) is 95.4 cm³/mol.